The van der Waals surface area contributed by atoms with Gasteiger partial charge in [0.1, 0.15) is 5.82 Å². The fourth-order valence-corrected chi connectivity index (χ4v) is 3.51. The van der Waals surface area contributed by atoms with Gasteiger partial charge in [-0.3, -0.25) is 9.59 Å². The molecule has 25 heavy (non-hydrogen) atoms. The molecule has 0 bridgehead atoms. The van der Waals surface area contributed by atoms with Gasteiger partial charge < -0.3 is 10.2 Å². The van der Waals surface area contributed by atoms with Crippen molar-refractivity contribution in [2.45, 2.75) is 12.8 Å². The lowest BCUT2D eigenvalue weighted by molar-refractivity contribution is -0.121. The molecule has 130 valence electrons. The molecule has 1 fully saturated rings. The monoisotopic (exact) mass is 469 g/mol. The molecule has 1 unspecified atom stereocenters. The topological polar surface area (TPSA) is 62.3 Å². The first-order chi connectivity index (χ1) is 12.0. The molecule has 1 aliphatic rings. The summed E-state index contributed by atoms with van der Waals surface area (Å²) in [5, 5.41) is 3.32. The first-order valence-electron chi connectivity index (χ1n) is 8.00. The van der Waals surface area contributed by atoms with E-state index >= 15 is 0 Å². The van der Waals surface area contributed by atoms with Gasteiger partial charge >= 0.3 is 0 Å². The van der Waals surface area contributed by atoms with Crippen molar-refractivity contribution >= 4 is 51.8 Å². The Bertz CT molecular complexity index is 782. The first kappa shape index (κ1) is 18.1. The van der Waals surface area contributed by atoms with Gasteiger partial charge in [0.25, 0.3) is 5.91 Å². The Kier molecular flexibility index (Phi) is 5.90. The molecule has 0 aliphatic carbocycles. The second kappa shape index (κ2) is 8.14. The van der Waals surface area contributed by atoms with Crippen LogP contribution in [0.15, 0.2) is 42.6 Å². The van der Waals surface area contributed by atoms with E-state index in [1.807, 2.05) is 24.3 Å². The average Bonchev–Trinajstić information content (AvgIpc) is 2.63. The summed E-state index contributed by atoms with van der Waals surface area (Å²) in [5.41, 5.74) is 0.660. The highest BCUT2D eigenvalue weighted by Crippen LogP contribution is 2.21. The number of nitrogens with zero attached hydrogens (tertiary/aromatic N) is 2. The lowest BCUT2D eigenvalue weighted by Crippen LogP contribution is -2.43. The van der Waals surface area contributed by atoms with E-state index in [9.17, 15) is 9.59 Å². The van der Waals surface area contributed by atoms with Crippen molar-refractivity contribution in [1.82, 2.24) is 9.88 Å². The van der Waals surface area contributed by atoms with Crippen LogP contribution in [0.2, 0.25) is 5.02 Å². The molecular formula is C18H17ClIN3O2. The molecule has 1 aromatic heterocycles. The number of halogens is 2. The maximum absolute atomic E-state index is 12.7. The van der Waals surface area contributed by atoms with Crippen molar-refractivity contribution in [2.75, 3.05) is 18.4 Å². The van der Waals surface area contributed by atoms with Gasteiger partial charge in [-0.1, -0.05) is 17.7 Å². The minimum Gasteiger partial charge on any atom is -0.338 e. The minimum atomic E-state index is -0.238. The van der Waals surface area contributed by atoms with E-state index in [-0.39, 0.29) is 17.7 Å². The molecule has 1 aliphatic heterocycles. The van der Waals surface area contributed by atoms with Gasteiger partial charge in [-0.2, -0.15) is 0 Å². The minimum absolute atomic E-state index is 0.0272. The molecule has 2 amide bonds. The van der Waals surface area contributed by atoms with Gasteiger partial charge in [-0.25, -0.2) is 4.98 Å². The molecular weight excluding hydrogens is 453 g/mol. The van der Waals surface area contributed by atoms with Gasteiger partial charge in [0.2, 0.25) is 5.91 Å². The predicted molar refractivity (Wildman–Crippen MR) is 106 cm³/mol. The Hall–Kier alpha value is -1.67. The Morgan fingerprint density at radius 2 is 2.12 bits per heavy atom. The SMILES string of the molecule is O=C(Nc1ccc(Cl)cn1)C1CCCN(C(=O)c2cccc(I)c2)C1. The molecule has 2 heterocycles. The molecule has 1 aromatic carbocycles. The Labute approximate surface area is 164 Å². The standard InChI is InChI=1S/C18H17ClIN3O2/c19-14-6-7-16(21-10-14)22-17(24)13-4-2-8-23(11-13)18(25)12-3-1-5-15(20)9-12/h1,3,5-7,9-10,13H,2,4,8,11H2,(H,21,22,24). The van der Waals surface area contributed by atoms with E-state index in [4.69, 9.17) is 11.6 Å². The molecule has 1 saturated heterocycles. The number of amides is 2. The first-order valence-corrected chi connectivity index (χ1v) is 9.46. The lowest BCUT2D eigenvalue weighted by Gasteiger charge is -2.32. The largest absolute Gasteiger partial charge is 0.338 e. The van der Waals surface area contributed by atoms with Crippen LogP contribution in [0.1, 0.15) is 23.2 Å². The summed E-state index contributed by atoms with van der Waals surface area (Å²) in [6.07, 6.45) is 3.06. The van der Waals surface area contributed by atoms with Crippen molar-refractivity contribution in [3.05, 3.63) is 56.8 Å². The lowest BCUT2D eigenvalue weighted by atomic mass is 9.96. The number of hydrogen-bond acceptors (Lipinski definition) is 3. The second-order valence-corrected chi connectivity index (χ2v) is 7.63. The number of pyridine rings is 1. The van der Waals surface area contributed by atoms with Gasteiger partial charge in [-0.15, -0.1) is 0 Å². The van der Waals surface area contributed by atoms with Crippen LogP contribution in [0.3, 0.4) is 0 Å². The number of piperidine rings is 1. The molecule has 3 rings (SSSR count). The van der Waals surface area contributed by atoms with Crippen molar-refractivity contribution in [3.63, 3.8) is 0 Å². The number of nitrogens with one attached hydrogen (secondary N) is 1. The molecule has 5 nitrogen and oxygen atoms in total. The predicted octanol–water partition coefficient (Wildman–Crippen LogP) is 3.83. The Morgan fingerprint density at radius 3 is 2.84 bits per heavy atom. The van der Waals surface area contributed by atoms with Crippen molar-refractivity contribution in [1.29, 1.82) is 0 Å². The Balaban J connectivity index is 1.65. The maximum Gasteiger partial charge on any atom is 0.253 e. The second-order valence-electron chi connectivity index (χ2n) is 5.95. The molecule has 1 N–H and O–H groups in total. The van der Waals surface area contributed by atoms with Crippen molar-refractivity contribution in [3.8, 4) is 0 Å². The number of carbonyl (C=O) groups is 2. The van der Waals surface area contributed by atoms with Crippen LogP contribution in [0.5, 0.6) is 0 Å². The van der Waals surface area contributed by atoms with Crippen LogP contribution in [-0.4, -0.2) is 34.8 Å². The summed E-state index contributed by atoms with van der Waals surface area (Å²) in [4.78, 5) is 31.0. The zero-order valence-corrected chi connectivity index (χ0v) is 16.3. The van der Waals surface area contributed by atoms with E-state index in [0.29, 0.717) is 29.5 Å². The zero-order valence-electron chi connectivity index (χ0n) is 13.4. The quantitative estimate of drug-likeness (QED) is 0.695. The van der Waals surface area contributed by atoms with E-state index in [1.165, 1.54) is 6.20 Å². The van der Waals surface area contributed by atoms with Gasteiger partial charge in [0.15, 0.2) is 0 Å². The van der Waals surface area contributed by atoms with Crippen LogP contribution in [0, 0.1) is 9.49 Å². The highest BCUT2D eigenvalue weighted by molar-refractivity contribution is 14.1. The number of carbonyl (C=O) groups excluding carboxylic acids is 2. The number of anilines is 1. The maximum atomic E-state index is 12.7. The molecule has 0 saturated carbocycles. The molecule has 1 atom stereocenters. The fourth-order valence-electron chi connectivity index (χ4n) is 2.86. The molecule has 2 aromatic rings. The normalized spacial score (nSPS) is 17.2. The summed E-state index contributed by atoms with van der Waals surface area (Å²) in [7, 11) is 0. The number of aromatic nitrogens is 1. The number of likely N-dealkylation sites (tertiary alicyclic amines) is 1. The van der Waals surface area contributed by atoms with Crippen molar-refractivity contribution < 1.29 is 9.59 Å². The van der Waals surface area contributed by atoms with Crippen LogP contribution < -0.4 is 5.32 Å². The van der Waals surface area contributed by atoms with Gasteiger partial charge in [-0.05, 0) is 65.8 Å². The van der Waals surface area contributed by atoms with E-state index < -0.39 is 0 Å². The van der Waals surface area contributed by atoms with E-state index in [0.717, 1.165) is 16.4 Å². The molecule has 0 spiro atoms. The van der Waals surface area contributed by atoms with Crippen molar-refractivity contribution in [2.24, 2.45) is 5.92 Å². The highest BCUT2D eigenvalue weighted by atomic mass is 127. The number of hydrogen-bond donors (Lipinski definition) is 1. The summed E-state index contributed by atoms with van der Waals surface area (Å²) in [6, 6.07) is 10.8. The van der Waals surface area contributed by atoms with E-state index in [2.05, 4.69) is 32.9 Å². The van der Waals surface area contributed by atoms with Crippen LogP contribution in [-0.2, 0) is 4.79 Å². The third-order valence-corrected chi connectivity index (χ3v) is 5.02. The third-order valence-electron chi connectivity index (χ3n) is 4.13. The van der Waals surface area contributed by atoms with Gasteiger partial charge in [0, 0.05) is 28.4 Å². The summed E-state index contributed by atoms with van der Waals surface area (Å²) in [6.45, 7) is 1.09. The molecule has 7 heteroatoms. The summed E-state index contributed by atoms with van der Waals surface area (Å²) in [5.74, 6) is 0.0871. The molecule has 0 radical (unpaired) electrons. The van der Waals surface area contributed by atoms with Crippen LogP contribution in [0.25, 0.3) is 0 Å². The Morgan fingerprint density at radius 1 is 1.28 bits per heavy atom. The summed E-state index contributed by atoms with van der Waals surface area (Å²) >= 11 is 7.99. The third kappa shape index (κ3) is 4.70. The highest BCUT2D eigenvalue weighted by Gasteiger charge is 2.29. The number of benzene rings is 1. The van der Waals surface area contributed by atoms with Crippen LogP contribution >= 0.6 is 34.2 Å². The average molecular weight is 470 g/mol. The zero-order chi connectivity index (χ0) is 17.8. The smallest absolute Gasteiger partial charge is 0.253 e. The van der Waals surface area contributed by atoms with Crippen LogP contribution in [0.4, 0.5) is 5.82 Å². The van der Waals surface area contributed by atoms with E-state index in [1.54, 1.807) is 17.0 Å². The van der Waals surface area contributed by atoms with Gasteiger partial charge in [0.05, 0.1) is 10.9 Å². The fraction of sp³-hybridized carbons (Fsp3) is 0.278. The number of rotatable bonds is 3. The summed E-state index contributed by atoms with van der Waals surface area (Å²) < 4.78 is 1.02.